The average molecular weight is 246 g/mol. The number of anilines is 1. The Morgan fingerprint density at radius 3 is 2.89 bits per heavy atom. The first kappa shape index (κ1) is 12.2. The lowest BCUT2D eigenvalue weighted by atomic mass is 10.1. The molecule has 0 aliphatic heterocycles. The molecule has 0 radical (unpaired) electrons. The van der Waals surface area contributed by atoms with Crippen LogP contribution in [0.4, 0.5) is 5.69 Å². The van der Waals surface area contributed by atoms with Crippen molar-refractivity contribution in [3.8, 4) is 5.88 Å². The van der Waals surface area contributed by atoms with Gasteiger partial charge in [0.25, 0.3) is 11.8 Å². The van der Waals surface area contributed by atoms with Crippen molar-refractivity contribution in [1.82, 2.24) is 5.16 Å². The van der Waals surface area contributed by atoms with E-state index in [2.05, 4.69) is 10.5 Å². The Morgan fingerprint density at radius 2 is 2.22 bits per heavy atom. The average Bonchev–Trinajstić information content (AvgIpc) is 2.88. The first-order valence-electron chi connectivity index (χ1n) is 5.64. The number of methoxy groups -OCH3 is 1. The highest BCUT2D eigenvalue weighted by molar-refractivity contribution is 6.02. The van der Waals surface area contributed by atoms with Gasteiger partial charge in [-0.2, -0.15) is 0 Å². The summed E-state index contributed by atoms with van der Waals surface area (Å²) in [5.41, 5.74) is 1.85. The molecule has 2 aromatic rings. The minimum Gasteiger partial charge on any atom is -0.479 e. The summed E-state index contributed by atoms with van der Waals surface area (Å²) in [4.78, 5) is 11.9. The Hall–Kier alpha value is -2.30. The largest absolute Gasteiger partial charge is 0.479 e. The second-order valence-electron chi connectivity index (χ2n) is 3.70. The van der Waals surface area contributed by atoms with Crippen LogP contribution in [0, 0.1) is 0 Å². The molecule has 5 nitrogen and oxygen atoms in total. The Morgan fingerprint density at radius 1 is 1.44 bits per heavy atom. The summed E-state index contributed by atoms with van der Waals surface area (Å²) in [5.74, 6) is 0.0633. The second-order valence-corrected chi connectivity index (χ2v) is 3.70. The van der Waals surface area contributed by atoms with Crippen LogP contribution in [0.2, 0.25) is 0 Å². The number of nitrogens with one attached hydrogen (secondary N) is 1. The first-order valence-corrected chi connectivity index (χ1v) is 5.64. The fourth-order valence-corrected chi connectivity index (χ4v) is 1.60. The molecule has 94 valence electrons. The van der Waals surface area contributed by atoms with Crippen molar-refractivity contribution in [2.75, 3.05) is 12.4 Å². The van der Waals surface area contributed by atoms with Gasteiger partial charge in [-0.15, -0.1) is 0 Å². The van der Waals surface area contributed by atoms with Crippen molar-refractivity contribution in [2.24, 2.45) is 0 Å². The minimum atomic E-state index is -0.341. The van der Waals surface area contributed by atoms with Gasteiger partial charge < -0.3 is 14.6 Å². The van der Waals surface area contributed by atoms with Gasteiger partial charge in [0.15, 0.2) is 0 Å². The highest BCUT2D eigenvalue weighted by Crippen LogP contribution is 2.18. The van der Waals surface area contributed by atoms with Gasteiger partial charge in [0.2, 0.25) is 5.76 Å². The van der Waals surface area contributed by atoms with E-state index in [1.807, 2.05) is 31.2 Å². The molecule has 18 heavy (non-hydrogen) atoms. The minimum absolute atomic E-state index is 0.123. The van der Waals surface area contributed by atoms with Gasteiger partial charge in [-0.05, 0) is 23.2 Å². The summed E-state index contributed by atoms with van der Waals surface area (Å²) >= 11 is 0. The summed E-state index contributed by atoms with van der Waals surface area (Å²) in [7, 11) is 1.46. The number of nitrogens with zero attached hydrogens (tertiary/aromatic N) is 1. The number of rotatable bonds is 4. The second kappa shape index (κ2) is 5.35. The molecule has 0 bridgehead atoms. The maximum atomic E-state index is 11.9. The molecule has 0 aliphatic carbocycles. The molecule has 5 heteroatoms. The van der Waals surface area contributed by atoms with Crippen LogP contribution in [0.25, 0.3) is 0 Å². The van der Waals surface area contributed by atoms with E-state index in [9.17, 15) is 4.79 Å². The third-order valence-corrected chi connectivity index (χ3v) is 2.57. The topological polar surface area (TPSA) is 64.4 Å². The van der Waals surface area contributed by atoms with Crippen molar-refractivity contribution in [2.45, 2.75) is 13.3 Å². The number of para-hydroxylation sites is 1. The number of benzene rings is 1. The van der Waals surface area contributed by atoms with Crippen LogP contribution in [0.3, 0.4) is 0 Å². The predicted molar refractivity (Wildman–Crippen MR) is 66.8 cm³/mol. The quantitative estimate of drug-likeness (QED) is 0.900. The number of carbonyl (C=O) groups is 1. The Balaban J connectivity index is 2.16. The van der Waals surface area contributed by atoms with Crippen LogP contribution in [-0.2, 0) is 6.42 Å². The van der Waals surface area contributed by atoms with Crippen LogP contribution in [0.15, 0.2) is 34.9 Å². The number of hydrogen-bond donors (Lipinski definition) is 1. The van der Waals surface area contributed by atoms with Gasteiger partial charge in [0, 0.05) is 5.69 Å². The standard InChI is InChI=1S/C13H14N2O3/c1-3-9-6-4-5-7-10(9)14-13(16)11-8-12(17-2)15-18-11/h4-8H,3H2,1-2H3,(H,14,16). The Labute approximate surface area is 105 Å². The summed E-state index contributed by atoms with van der Waals surface area (Å²) in [6, 6.07) is 9.08. The number of hydrogen-bond acceptors (Lipinski definition) is 4. The molecule has 2 rings (SSSR count). The summed E-state index contributed by atoms with van der Waals surface area (Å²) < 4.78 is 9.73. The zero-order valence-corrected chi connectivity index (χ0v) is 10.3. The molecule has 0 saturated carbocycles. The molecular weight excluding hydrogens is 232 g/mol. The number of aromatic nitrogens is 1. The van der Waals surface area contributed by atoms with E-state index in [1.165, 1.54) is 13.2 Å². The van der Waals surface area contributed by atoms with Crippen LogP contribution in [0.5, 0.6) is 5.88 Å². The predicted octanol–water partition coefficient (Wildman–Crippen LogP) is 2.50. The zero-order chi connectivity index (χ0) is 13.0. The van der Waals surface area contributed by atoms with E-state index in [0.717, 1.165) is 17.7 Å². The van der Waals surface area contributed by atoms with Gasteiger partial charge in [-0.25, -0.2) is 0 Å². The number of aryl methyl sites for hydroxylation is 1. The molecule has 0 saturated heterocycles. The van der Waals surface area contributed by atoms with E-state index >= 15 is 0 Å². The Bertz CT molecular complexity index is 549. The normalized spacial score (nSPS) is 10.1. The fraction of sp³-hybridized carbons (Fsp3) is 0.231. The smallest absolute Gasteiger partial charge is 0.294 e. The molecule has 1 aromatic carbocycles. The fourth-order valence-electron chi connectivity index (χ4n) is 1.60. The molecule has 0 aliphatic rings. The summed E-state index contributed by atoms with van der Waals surface area (Å²) in [5, 5.41) is 6.37. The lowest BCUT2D eigenvalue weighted by molar-refractivity contribution is 0.0987. The van der Waals surface area contributed by atoms with Crippen molar-refractivity contribution in [1.29, 1.82) is 0 Å². The van der Waals surface area contributed by atoms with E-state index in [1.54, 1.807) is 0 Å². The summed E-state index contributed by atoms with van der Waals surface area (Å²) in [6.07, 6.45) is 0.843. The molecule has 0 spiro atoms. The Kier molecular flexibility index (Phi) is 3.62. The molecule has 0 unspecified atom stereocenters. The third kappa shape index (κ3) is 2.51. The maximum absolute atomic E-state index is 11.9. The van der Waals surface area contributed by atoms with Crippen LogP contribution in [-0.4, -0.2) is 18.2 Å². The number of carbonyl (C=O) groups excluding carboxylic acids is 1. The molecule has 1 amide bonds. The van der Waals surface area contributed by atoms with E-state index in [4.69, 9.17) is 9.26 Å². The molecular formula is C13H14N2O3. The zero-order valence-electron chi connectivity index (χ0n) is 10.3. The SMILES string of the molecule is CCc1ccccc1NC(=O)c1cc(OC)no1. The number of amides is 1. The third-order valence-electron chi connectivity index (χ3n) is 2.57. The van der Waals surface area contributed by atoms with Gasteiger partial charge in [0.1, 0.15) is 0 Å². The van der Waals surface area contributed by atoms with E-state index in [0.29, 0.717) is 0 Å². The lowest BCUT2D eigenvalue weighted by Crippen LogP contribution is -2.12. The molecule has 1 N–H and O–H groups in total. The monoisotopic (exact) mass is 246 g/mol. The van der Waals surface area contributed by atoms with E-state index < -0.39 is 0 Å². The van der Waals surface area contributed by atoms with Crippen molar-refractivity contribution in [3.05, 3.63) is 41.7 Å². The van der Waals surface area contributed by atoms with E-state index in [-0.39, 0.29) is 17.5 Å². The van der Waals surface area contributed by atoms with Crippen molar-refractivity contribution < 1.29 is 14.1 Å². The van der Waals surface area contributed by atoms with Crippen LogP contribution < -0.4 is 10.1 Å². The van der Waals surface area contributed by atoms with Crippen LogP contribution in [0.1, 0.15) is 23.0 Å². The van der Waals surface area contributed by atoms with Crippen LogP contribution >= 0.6 is 0 Å². The van der Waals surface area contributed by atoms with Crippen molar-refractivity contribution in [3.63, 3.8) is 0 Å². The van der Waals surface area contributed by atoms with Gasteiger partial charge >= 0.3 is 0 Å². The lowest BCUT2D eigenvalue weighted by Gasteiger charge is -2.07. The number of ether oxygens (including phenoxy) is 1. The molecule has 1 heterocycles. The molecule has 1 aromatic heterocycles. The highest BCUT2D eigenvalue weighted by atomic mass is 16.5. The molecule has 0 fully saturated rings. The van der Waals surface area contributed by atoms with Gasteiger partial charge in [0.05, 0.1) is 13.2 Å². The molecule has 0 atom stereocenters. The maximum Gasteiger partial charge on any atom is 0.294 e. The van der Waals surface area contributed by atoms with Gasteiger partial charge in [-0.1, -0.05) is 25.1 Å². The summed E-state index contributed by atoms with van der Waals surface area (Å²) in [6.45, 7) is 2.03. The first-order chi connectivity index (χ1) is 8.74. The van der Waals surface area contributed by atoms with Gasteiger partial charge in [-0.3, -0.25) is 4.79 Å². The highest BCUT2D eigenvalue weighted by Gasteiger charge is 2.14. The van der Waals surface area contributed by atoms with Crippen molar-refractivity contribution >= 4 is 11.6 Å².